The lowest BCUT2D eigenvalue weighted by Crippen LogP contribution is -2.37. The highest BCUT2D eigenvalue weighted by atomic mass is 16.5. The molecule has 0 radical (unpaired) electrons. The van der Waals surface area contributed by atoms with Crippen LogP contribution in [0.3, 0.4) is 0 Å². The molecule has 0 aliphatic heterocycles. The lowest BCUT2D eigenvalue weighted by atomic mass is 9.89. The number of ether oxygens (including phenoxy) is 1. The van der Waals surface area contributed by atoms with E-state index in [1.807, 2.05) is 12.1 Å². The van der Waals surface area contributed by atoms with Gasteiger partial charge in [0.25, 0.3) is 0 Å². The second-order valence-electron chi connectivity index (χ2n) is 5.05. The van der Waals surface area contributed by atoms with Gasteiger partial charge in [0.15, 0.2) is 5.82 Å². The summed E-state index contributed by atoms with van der Waals surface area (Å²) in [4.78, 5) is 1.46. The number of rotatable bonds is 3. The van der Waals surface area contributed by atoms with Crippen LogP contribution in [-0.4, -0.2) is 27.3 Å². The standard InChI is InChI=1S/C13H17N5O/c1-18-16-12(15-17-18)8-13(14)6-5-9-3-4-10(19-2)7-11(9)13/h3-4,7H,5-6,8,14H2,1-2H3. The molecular formula is C13H17N5O. The summed E-state index contributed by atoms with van der Waals surface area (Å²) in [6.45, 7) is 0. The highest BCUT2D eigenvalue weighted by molar-refractivity contribution is 5.44. The van der Waals surface area contributed by atoms with Gasteiger partial charge in [-0.25, -0.2) is 0 Å². The third kappa shape index (κ3) is 2.08. The molecule has 1 atom stereocenters. The van der Waals surface area contributed by atoms with Crippen LogP contribution in [0.1, 0.15) is 23.4 Å². The molecule has 0 amide bonds. The lowest BCUT2D eigenvalue weighted by Gasteiger charge is -2.24. The zero-order chi connectivity index (χ0) is 13.5. The van der Waals surface area contributed by atoms with Gasteiger partial charge in [-0.1, -0.05) is 6.07 Å². The van der Waals surface area contributed by atoms with E-state index in [0.717, 1.165) is 24.2 Å². The Labute approximate surface area is 111 Å². The minimum Gasteiger partial charge on any atom is -0.497 e. The van der Waals surface area contributed by atoms with Gasteiger partial charge in [0.2, 0.25) is 0 Å². The molecule has 3 rings (SSSR count). The quantitative estimate of drug-likeness (QED) is 0.871. The first-order valence-corrected chi connectivity index (χ1v) is 6.30. The van der Waals surface area contributed by atoms with Crippen LogP contribution in [0.15, 0.2) is 18.2 Å². The van der Waals surface area contributed by atoms with Crippen molar-refractivity contribution in [3.8, 4) is 5.75 Å². The Hall–Kier alpha value is -1.95. The van der Waals surface area contributed by atoms with Crippen molar-refractivity contribution in [2.75, 3.05) is 7.11 Å². The number of nitrogens with zero attached hydrogens (tertiary/aromatic N) is 4. The van der Waals surface area contributed by atoms with Gasteiger partial charge in [-0.3, -0.25) is 0 Å². The van der Waals surface area contributed by atoms with Crippen molar-refractivity contribution in [1.29, 1.82) is 0 Å². The minimum atomic E-state index is -0.424. The molecule has 0 fully saturated rings. The SMILES string of the molecule is COc1ccc2c(c1)C(N)(Cc1nnn(C)n1)CC2. The molecule has 1 heterocycles. The van der Waals surface area contributed by atoms with E-state index in [9.17, 15) is 0 Å². The van der Waals surface area contributed by atoms with Crippen molar-refractivity contribution in [2.45, 2.75) is 24.8 Å². The summed E-state index contributed by atoms with van der Waals surface area (Å²) in [7, 11) is 3.42. The van der Waals surface area contributed by atoms with Crippen LogP contribution in [0.5, 0.6) is 5.75 Å². The Bertz CT molecular complexity index is 609. The molecule has 1 aromatic heterocycles. The van der Waals surface area contributed by atoms with E-state index in [1.54, 1.807) is 14.2 Å². The van der Waals surface area contributed by atoms with E-state index in [2.05, 4.69) is 21.5 Å². The Kier molecular flexibility index (Phi) is 2.74. The van der Waals surface area contributed by atoms with Gasteiger partial charge in [-0.2, -0.15) is 4.80 Å². The van der Waals surface area contributed by atoms with E-state index in [1.165, 1.54) is 10.4 Å². The fourth-order valence-electron chi connectivity index (χ4n) is 2.72. The molecule has 0 spiro atoms. The van der Waals surface area contributed by atoms with Crippen molar-refractivity contribution in [3.05, 3.63) is 35.2 Å². The smallest absolute Gasteiger partial charge is 0.176 e. The van der Waals surface area contributed by atoms with Crippen molar-refractivity contribution >= 4 is 0 Å². The lowest BCUT2D eigenvalue weighted by molar-refractivity contribution is 0.405. The zero-order valence-corrected chi connectivity index (χ0v) is 11.1. The molecule has 1 aliphatic rings. The monoisotopic (exact) mass is 259 g/mol. The Morgan fingerprint density at radius 3 is 3.00 bits per heavy atom. The molecule has 6 heteroatoms. The van der Waals surface area contributed by atoms with E-state index < -0.39 is 5.54 Å². The Morgan fingerprint density at radius 1 is 1.47 bits per heavy atom. The van der Waals surface area contributed by atoms with E-state index >= 15 is 0 Å². The maximum atomic E-state index is 6.56. The molecule has 1 aromatic carbocycles. The topological polar surface area (TPSA) is 78.9 Å². The van der Waals surface area contributed by atoms with Crippen molar-refractivity contribution in [3.63, 3.8) is 0 Å². The summed E-state index contributed by atoms with van der Waals surface area (Å²) in [5.41, 5.74) is 8.56. The second kappa shape index (κ2) is 4.31. The molecule has 0 saturated heterocycles. The predicted octanol–water partition coefficient (Wildman–Crippen LogP) is 0.562. The van der Waals surface area contributed by atoms with E-state index in [-0.39, 0.29) is 0 Å². The number of aryl methyl sites for hydroxylation is 2. The second-order valence-corrected chi connectivity index (χ2v) is 5.05. The van der Waals surface area contributed by atoms with Crippen LogP contribution in [0.2, 0.25) is 0 Å². The summed E-state index contributed by atoms with van der Waals surface area (Å²) >= 11 is 0. The highest BCUT2D eigenvalue weighted by Crippen LogP contribution is 2.38. The van der Waals surface area contributed by atoms with Gasteiger partial charge in [0.05, 0.1) is 14.2 Å². The van der Waals surface area contributed by atoms with Crippen molar-refractivity contribution in [1.82, 2.24) is 20.2 Å². The Balaban J connectivity index is 1.94. The van der Waals surface area contributed by atoms with E-state index in [4.69, 9.17) is 10.5 Å². The molecule has 19 heavy (non-hydrogen) atoms. The molecule has 0 bridgehead atoms. The van der Waals surface area contributed by atoms with Crippen LogP contribution in [0.25, 0.3) is 0 Å². The van der Waals surface area contributed by atoms with Crippen LogP contribution in [0.4, 0.5) is 0 Å². The number of fused-ring (bicyclic) bond motifs is 1. The van der Waals surface area contributed by atoms with Crippen LogP contribution >= 0.6 is 0 Å². The Morgan fingerprint density at radius 2 is 2.32 bits per heavy atom. The summed E-state index contributed by atoms with van der Waals surface area (Å²) in [6, 6.07) is 6.09. The van der Waals surface area contributed by atoms with Gasteiger partial charge >= 0.3 is 0 Å². The van der Waals surface area contributed by atoms with Gasteiger partial charge in [0, 0.05) is 12.0 Å². The largest absolute Gasteiger partial charge is 0.497 e. The third-order valence-corrected chi connectivity index (χ3v) is 3.72. The normalized spacial score (nSPS) is 21.4. The zero-order valence-electron chi connectivity index (χ0n) is 11.1. The van der Waals surface area contributed by atoms with Crippen LogP contribution < -0.4 is 10.5 Å². The number of tetrazole rings is 1. The van der Waals surface area contributed by atoms with Gasteiger partial charge in [-0.05, 0) is 41.3 Å². The minimum absolute atomic E-state index is 0.424. The van der Waals surface area contributed by atoms with Crippen LogP contribution in [0, 0.1) is 0 Å². The average Bonchev–Trinajstić information content (AvgIpc) is 2.94. The molecule has 2 aromatic rings. The van der Waals surface area contributed by atoms with Crippen molar-refractivity contribution in [2.24, 2.45) is 12.8 Å². The summed E-state index contributed by atoms with van der Waals surface area (Å²) in [6.07, 6.45) is 2.48. The number of aromatic nitrogens is 4. The number of methoxy groups -OCH3 is 1. The number of nitrogens with two attached hydrogens (primary N) is 1. The molecule has 100 valence electrons. The fourth-order valence-corrected chi connectivity index (χ4v) is 2.72. The molecular weight excluding hydrogens is 242 g/mol. The molecule has 1 unspecified atom stereocenters. The fraction of sp³-hybridized carbons (Fsp3) is 0.462. The first-order valence-electron chi connectivity index (χ1n) is 6.30. The van der Waals surface area contributed by atoms with E-state index in [0.29, 0.717) is 12.2 Å². The van der Waals surface area contributed by atoms with Crippen molar-refractivity contribution < 1.29 is 4.74 Å². The maximum Gasteiger partial charge on any atom is 0.176 e. The highest BCUT2D eigenvalue weighted by Gasteiger charge is 2.36. The average molecular weight is 259 g/mol. The first-order chi connectivity index (χ1) is 9.10. The maximum absolute atomic E-state index is 6.56. The van der Waals surface area contributed by atoms with Gasteiger partial charge in [0.1, 0.15) is 5.75 Å². The van der Waals surface area contributed by atoms with Gasteiger partial charge < -0.3 is 10.5 Å². The summed E-state index contributed by atoms with van der Waals surface area (Å²) in [5.74, 6) is 1.52. The first kappa shape index (κ1) is 12.1. The predicted molar refractivity (Wildman–Crippen MR) is 69.7 cm³/mol. The summed E-state index contributed by atoms with van der Waals surface area (Å²) < 4.78 is 5.28. The summed E-state index contributed by atoms with van der Waals surface area (Å²) in [5, 5.41) is 12.1. The van der Waals surface area contributed by atoms with Gasteiger partial charge in [-0.15, -0.1) is 10.2 Å². The molecule has 2 N–H and O–H groups in total. The number of benzene rings is 1. The molecule has 0 saturated carbocycles. The molecule has 1 aliphatic carbocycles. The number of hydrogen-bond donors (Lipinski definition) is 1. The number of hydrogen-bond acceptors (Lipinski definition) is 5. The molecule has 6 nitrogen and oxygen atoms in total. The third-order valence-electron chi connectivity index (χ3n) is 3.72. The van der Waals surface area contributed by atoms with Crippen LogP contribution in [-0.2, 0) is 25.4 Å².